The number of imide groups is 1. The number of hydrogen-bond donors (Lipinski definition) is 1. The van der Waals surface area contributed by atoms with Crippen LogP contribution in [-0.4, -0.2) is 62.4 Å². The Balaban J connectivity index is 1.03. The lowest BCUT2D eigenvalue weighted by atomic mass is 9.79. The number of nitrogens with one attached hydrogen (secondary N) is 1. The summed E-state index contributed by atoms with van der Waals surface area (Å²) in [5.74, 6) is -15.7. The Kier molecular flexibility index (Phi) is 14.2. The van der Waals surface area contributed by atoms with Crippen molar-refractivity contribution in [1.82, 2.24) is 10.2 Å². The number of rotatable bonds is 18. The Bertz CT molecular complexity index is 2390. The molecule has 62 heavy (non-hydrogen) atoms. The van der Waals surface area contributed by atoms with Crippen molar-refractivity contribution in [2.24, 2.45) is 0 Å². The van der Waals surface area contributed by atoms with Gasteiger partial charge in [0.05, 0.1) is 37.5 Å². The van der Waals surface area contributed by atoms with E-state index in [4.69, 9.17) is 18.9 Å². The molecular weight excluding hydrogens is 820 g/mol. The number of esters is 1. The summed E-state index contributed by atoms with van der Waals surface area (Å²) in [5.41, 5.74) is 0.336. The summed E-state index contributed by atoms with van der Waals surface area (Å²) < 4.78 is 97.3. The van der Waals surface area contributed by atoms with Gasteiger partial charge in [0.1, 0.15) is 17.7 Å². The van der Waals surface area contributed by atoms with Crippen molar-refractivity contribution >= 4 is 23.9 Å². The van der Waals surface area contributed by atoms with E-state index in [0.29, 0.717) is 37.4 Å². The maximum atomic E-state index is 14.1. The molecule has 1 N–H and O–H groups in total. The molecule has 1 aliphatic heterocycles. The molecule has 0 radical (unpaired) electrons. The molecule has 5 aromatic carbocycles. The van der Waals surface area contributed by atoms with Crippen molar-refractivity contribution < 1.29 is 64.8 Å². The van der Waals surface area contributed by atoms with Gasteiger partial charge < -0.3 is 29.0 Å². The molecule has 3 amide bonds. The summed E-state index contributed by atoms with van der Waals surface area (Å²) in [5, 5.41) is 2.50. The number of fused-ring (bicyclic) bond motifs is 1. The summed E-state index contributed by atoms with van der Waals surface area (Å²) in [4.78, 5) is 52.9. The van der Waals surface area contributed by atoms with Crippen LogP contribution in [0.1, 0.15) is 86.8 Å². The average Bonchev–Trinajstić information content (AvgIpc) is 3.55. The fourth-order valence-corrected chi connectivity index (χ4v) is 7.21. The number of halogens is 5. The van der Waals surface area contributed by atoms with Crippen molar-refractivity contribution in [3.63, 3.8) is 0 Å². The SMILES string of the molecule is CCC(NC(=O)OCCCCCCOC(c1ccccc1)(c1ccccc1OC)c1ccccc1OC)N1C(=O)c2ccc(C(=O)Oc3c(F)c(F)c(F)c(F)c3F)cc2C1=O. The summed E-state index contributed by atoms with van der Waals surface area (Å²) in [6.45, 7) is 1.96. The molecule has 0 saturated carbocycles. The van der Waals surface area contributed by atoms with Crippen LogP contribution in [0, 0.1) is 29.1 Å². The smallest absolute Gasteiger partial charge is 0.408 e. The zero-order valence-corrected chi connectivity index (χ0v) is 33.8. The van der Waals surface area contributed by atoms with Crippen LogP contribution in [0.2, 0.25) is 0 Å². The first kappa shape index (κ1) is 44.7. The van der Waals surface area contributed by atoms with E-state index in [1.807, 2.05) is 78.9 Å². The number of benzene rings is 5. The number of alkyl carbamates (subject to hydrolysis) is 1. The fourth-order valence-electron chi connectivity index (χ4n) is 7.21. The molecule has 5 aromatic rings. The molecule has 1 unspecified atom stereocenters. The quantitative estimate of drug-likeness (QED) is 0.0134. The minimum absolute atomic E-state index is 0.0239. The molecular formula is C46H41F5N2O9. The number of unbranched alkanes of at least 4 members (excludes halogenated alkanes) is 3. The molecule has 1 aliphatic rings. The second-order valence-electron chi connectivity index (χ2n) is 13.9. The third-order valence-electron chi connectivity index (χ3n) is 10.2. The standard InChI is InChI=1S/C46H41F5N2O9/c1-4-35(53-42(54)29-23-22-27(26-30(29)43(53)55)44(56)62-41-39(50)37(48)36(47)38(49)40(41)51)52-45(57)60-24-14-5-6-15-25-61-46(28-16-8-7-9-17-28,31-18-10-12-20-33(31)58-2)32-19-11-13-21-34(32)59-3/h7-13,16-23,26,35H,4-6,14-15,24-25H2,1-3H3,(H,52,57). The van der Waals surface area contributed by atoms with Crippen LogP contribution in [-0.2, 0) is 15.1 Å². The van der Waals surface area contributed by atoms with Crippen molar-refractivity contribution in [2.45, 2.75) is 50.8 Å². The monoisotopic (exact) mass is 860 g/mol. The van der Waals surface area contributed by atoms with Crippen molar-refractivity contribution in [3.05, 3.63) is 160 Å². The fraction of sp³-hybridized carbons (Fsp3) is 0.261. The Hall–Kier alpha value is -6.81. The molecule has 1 atom stereocenters. The van der Waals surface area contributed by atoms with Gasteiger partial charge in [-0.3, -0.25) is 14.5 Å². The highest BCUT2D eigenvalue weighted by Crippen LogP contribution is 2.47. The number of amides is 3. The minimum Gasteiger partial charge on any atom is -0.496 e. The molecule has 0 spiro atoms. The van der Waals surface area contributed by atoms with Crippen LogP contribution in [0.3, 0.4) is 0 Å². The molecule has 0 fully saturated rings. The maximum Gasteiger partial charge on any atom is 0.408 e. The number of nitrogens with zero attached hydrogens (tertiary/aromatic N) is 1. The van der Waals surface area contributed by atoms with E-state index in [2.05, 4.69) is 10.1 Å². The highest BCUT2D eigenvalue weighted by atomic mass is 19.2. The number of para-hydroxylation sites is 2. The lowest BCUT2D eigenvalue weighted by molar-refractivity contribution is 0.00742. The molecule has 324 valence electrons. The zero-order valence-electron chi connectivity index (χ0n) is 33.8. The van der Waals surface area contributed by atoms with Gasteiger partial charge in [-0.15, -0.1) is 0 Å². The normalized spacial score (nSPS) is 12.8. The Morgan fingerprint density at radius 1 is 0.661 bits per heavy atom. The van der Waals surface area contributed by atoms with Gasteiger partial charge in [0, 0.05) is 17.7 Å². The highest BCUT2D eigenvalue weighted by molar-refractivity contribution is 6.22. The number of carbonyl (C=O) groups is 4. The second kappa shape index (κ2) is 19.7. The van der Waals surface area contributed by atoms with Crippen molar-refractivity contribution in [3.8, 4) is 17.2 Å². The van der Waals surface area contributed by atoms with Crippen LogP contribution in [0.15, 0.2) is 97.1 Å². The van der Waals surface area contributed by atoms with Gasteiger partial charge in [-0.1, -0.05) is 80.1 Å². The molecule has 1 heterocycles. The van der Waals surface area contributed by atoms with Gasteiger partial charge in [0.2, 0.25) is 34.8 Å². The number of hydrogen-bond acceptors (Lipinski definition) is 9. The van der Waals surface area contributed by atoms with Gasteiger partial charge >= 0.3 is 12.1 Å². The van der Waals surface area contributed by atoms with E-state index in [9.17, 15) is 41.1 Å². The van der Waals surface area contributed by atoms with Crippen LogP contribution in [0.25, 0.3) is 0 Å². The van der Waals surface area contributed by atoms with Crippen LogP contribution >= 0.6 is 0 Å². The van der Waals surface area contributed by atoms with E-state index in [-0.39, 0.29) is 24.2 Å². The van der Waals surface area contributed by atoms with Gasteiger partial charge in [-0.05, 0) is 61.6 Å². The van der Waals surface area contributed by atoms with Crippen molar-refractivity contribution in [1.29, 1.82) is 0 Å². The van der Waals surface area contributed by atoms with Gasteiger partial charge in [-0.2, -0.15) is 8.78 Å². The van der Waals surface area contributed by atoms with E-state index >= 15 is 0 Å². The molecule has 0 saturated heterocycles. The molecule has 0 aromatic heterocycles. The Morgan fingerprint density at radius 3 is 1.77 bits per heavy atom. The van der Waals surface area contributed by atoms with Crippen LogP contribution in [0.5, 0.6) is 17.2 Å². The average molecular weight is 861 g/mol. The molecule has 0 bridgehead atoms. The Labute approximate surface area is 353 Å². The zero-order chi connectivity index (χ0) is 44.6. The van der Waals surface area contributed by atoms with E-state index in [0.717, 1.165) is 46.2 Å². The van der Waals surface area contributed by atoms with Gasteiger partial charge in [0.15, 0.2) is 5.60 Å². The van der Waals surface area contributed by atoms with E-state index in [1.54, 1.807) is 21.1 Å². The molecule has 16 heteroatoms. The van der Waals surface area contributed by atoms with Crippen molar-refractivity contribution in [2.75, 3.05) is 27.4 Å². The summed E-state index contributed by atoms with van der Waals surface area (Å²) in [7, 11) is 3.22. The molecule has 6 rings (SSSR count). The third-order valence-corrected chi connectivity index (χ3v) is 10.2. The van der Waals surface area contributed by atoms with E-state index < -0.39 is 76.0 Å². The highest BCUT2D eigenvalue weighted by Gasteiger charge is 2.43. The number of carbonyl (C=O) groups excluding carboxylic acids is 4. The minimum atomic E-state index is -2.44. The second-order valence-corrected chi connectivity index (χ2v) is 13.9. The molecule has 0 aliphatic carbocycles. The van der Waals surface area contributed by atoms with E-state index in [1.165, 1.54) is 0 Å². The van der Waals surface area contributed by atoms with Gasteiger partial charge in [0.25, 0.3) is 11.8 Å². The number of ether oxygens (including phenoxy) is 5. The topological polar surface area (TPSA) is 130 Å². The van der Waals surface area contributed by atoms with Crippen LogP contribution in [0.4, 0.5) is 26.7 Å². The Morgan fingerprint density at radius 2 is 1.19 bits per heavy atom. The van der Waals surface area contributed by atoms with Gasteiger partial charge in [-0.25, -0.2) is 22.8 Å². The lowest BCUT2D eigenvalue weighted by Gasteiger charge is -2.37. The maximum absolute atomic E-state index is 14.1. The first-order chi connectivity index (χ1) is 29.9. The number of methoxy groups -OCH3 is 2. The molecule has 11 nitrogen and oxygen atoms in total. The summed E-state index contributed by atoms with van der Waals surface area (Å²) >= 11 is 0. The lowest BCUT2D eigenvalue weighted by Crippen LogP contribution is -2.50. The predicted octanol–water partition coefficient (Wildman–Crippen LogP) is 9.25. The predicted molar refractivity (Wildman–Crippen MR) is 213 cm³/mol. The van der Waals surface area contributed by atoms with Crippen LogP contribution < -0.4 is 19.5 Å². The first-order valence-electron chi connectivity index (χ1n) is 19.5. The first-order valence-corrected chi connectivity index (χ1v) is 19.5. The summed E-state index contributed by atoms with van der Waals surface area (Å²) in [6, 6.07) is 28.0. The third kappa shape index (κ3) is 8.82. The largest absolute Gasteiger partial charge is 0.496 e. The summed E-state index contributed by atoms with van der Waals surface area (Å²) in [6.07, 6.45) is 0.519.